The number of para-hydroxylation sites is 1. The Balaban J connectivity index is 1.62. The second-order valence-corrected chi connectivity index (χ2v) is 6.92. The minimum atomic E-state index is -0.0127. The van der Waals surface area contributed by atoms with Crippen molar-refractivity contribution in [2.75, 3.05) is 0 Å². The highest BCUT2D eigenvalue weighted by atomic mass is 16.3. The number of allylic oxidation sites excluding steroid dienone is 1. The summed E-state index contributed by atoms with van der Waals surface area (Å²) in [7, 11) is 0. The van der Waals surface area contributed by atoms with Crippen molar-refractivity contribution in [1.82, 2.24) is 15.0 Å². The molecule has 5 rings (SSSR count). The summed E-state index contributed by atoms with van der Waals surface area (Å²) in [5.74, 6) is 0.601. The first-order chi connectivity index (χ1) is 13.8. The molecule has 0 amide bonds. The Bertz CT molecular complexity index is 1210. The Hall–Kier alpha value is -3.37. The number of hydrogen-bond donors (Lipinski definition) is 1. The summed E-state index contributed by atoms with van der Waals surface area (Å²) in [4.78, 5) is 14.0. The number of rotatable bonds is 3. The van der Waals surface area contributed by atoms with Gasteiger partial charge in [0.15, 0.2) is 5.82 Å². The number of aliphatic hydroxyl groups is 1. The number of aliphatic hydroxyl groups excluding tert-OH is 1. The van der Waals surface area contributed by atoms with Gasteiger partial charge in [0.1, 0.15) is 5.69 Å². The minimum absolute atomic E-state index is 0.0127. The average Bonchev–Trinajstić information content (AvgIpc) is 2.78. The Morgan fingerprint density at radius 1 is 0.893 bits per heavy atom. The molecule has 28 heavy (non-hydrogen) atoms. The molecule has 0 bridgehead atoms. The van der Waals surface area contributed by atoms with Gasteiger partial charge >= 0.3 is 0 Å². The molecule has 0 saturated carbocycles. The third-order valence-corrected chi connectivity index (χ3v) is 5.21. The van der Waals surface area contributed by atoms with Gasteiger partial charge in [0, 0.05) is 17.1 Å². The maximum absolute atomic E-state index is 10.1. The fourth-order valence-corrected chi connectivity index (χ4v) is 3.79. The maximum atomic E-state index is 10.1. The standard InChI is InChI=1S/C24H19N3O/c28-15-20-18-8-3-1-6-16(18)12-13-19(20)22-10-5-11-23(26-22)24-25-14-17-7-2-4-9-21(17)27-24/h2-5,7-14,28H,1,6,15H2. The molecular weight excluding hydrogens is 346 g/mol. The van der Waals surface area contributed by atoms with Gasteiger partial charge in [-0.3, -0.25) is 0 Å². The average molecular weight is 365 g/mol. The van der Waals surface area contributed by atoms with Gasteiger partial charge in [-0.1, -0.05) is 48.6 Å². The van der Waals surface area contributed by atoms with E-state index in [0.29, 0.717) is 5.82 Å². The first kappa shape index (κ1) is 16.8. The van der Waals surface area contributed by atoms with Gasteiger partial charge in [-0.15, -0.1) is 0 Å². The molecule has 0 aliphatic heterocycles. The Labute approximate surface area is 163 Å². The van der Waals surface area contributed by atoms with Gasteiger partial charge in [-0.2, -0.15) is 0 Å². The molecule has 0 saturated heterocycles. The highest BCUT2D eigenvalue weighted by Crippen LogP contribution is 2.32. The van der Waals surface area contributed by atoms with Crippen LogP contribution in [0.25, 0.3) is 39.8 Å². The lowest BCUT2D eigenvalue weighted by Gasteiger charge is -2.17. The molecule has 2 aromatic carbocycles. The van der Waals surface area contributed by atoms with Gasteiger partial charge in [0.25, 0.3) is 0 Å². The van der Waals surface area contributed by atoms with E-state index in [1.54, 1.807) is 0 Å². The van der Waals surface area contributed by atoms with Crippen molar-refractivity contribution in [2.45, 2.75) is 19.4 Å². The summed E-state index contributed by atoms with van der Waals surface area (Å²) in [6, 6.07) is 18.0. The van der Waals surface area contributed by atoms with Crippen LogP contribution in [0.15, 0.2) is 66.9 Å². The molecule has 4 heteroatoms. The number of aromatic nitrogens is 3. The van der Waals surface area contributed by atoms with Crippen LogP contribution in [0.1, 0.15) is 23.1 Å². The van der Waals surface area contributed by atoms with E-state index in [1.807, 2.05) is 48.7 Å². The number of benzene rings is 2. The van der Waals surface area contributed by atoms with Crippen molar-refractivity contribution in [2.24, 2.45) is 0 Å². The van der Waals surface area contributed by atoms with Crippen LogP contribution >= 0.6 is 0 Å². The lowest BCUT2D eigenvalue weighted by Crippen LogP contribution is -2.03. The lowest BCUT2D eigenvalue weighted by molar-refractivity contribution is 0.282. The van der Waals surface area contributed by atoms with E-state index in [1.165, 1.54) is 5.56 Å². The highest BCUT2D eigenvalue weighted by molar-refractivity contribution is 5.79. The van der Waals surface area contributed by atoms with E-state index in [4.69, 9.17) is 4.98 Å². The van der Waals surface area contributed by atoms with Crippen LogP contribution in [0.3, 0.4) is 0 Å². The predicted molar refractivity (Wildman–Crippen MR) is 111 cm³/mol. The van der Waals surface area contributed by atoms with Crippen molar-refractivity contribution < 1.29 is 5.11 Å². The maximum Gasteiger partial charge on any atom is 0.178 e. The van der Waals surface area contributed by atoms with Crippen LogP contribution in [0, 0.1) is 0 Å². The molecular formula is C24H19N3O. The third kappa shape index (κ3) is 2.88. The number of fused-ring (bicyclic) bond motifs is 2. The smallest absolute Gasteiger partial charge is 0.178 e. The zero-order chi connectivity index (χ0) is 18.9. The van der Waals surface area contributed by atoms with Crippen LogP contribution in [-0.2, 0) is 13.0 Å². The molecule has 0 fully saturated rings. The molecule has 0 atom stereocenters. The topological polar surface area (TPSA) is 58.9 Å². The van der Waals surface area contributed by atoms with E-state index in [-0.39, 0.29) is 6.61 Å². The second-order valence-electron chi connectivity index (χ2n) is 6.92. The summed E-state index contributed by atoms with van der Waals surface area (Å²) in [5, 5.41) is 11.1. The summed E-state index contributed by atoms with van der Waals surface area (Å²) >= 11 is 0. The first-order valence-electron chi connectivity index (χ1n) is 9.45. The third-order valence-electron chi connectivity index (χ3n) is 5.21. The van der Waals surface area contributed by atoms with Crippen LogP contribution in [0.5, 0.6) is 0 Å². The molecule has 4 aromatic rings. The number of nitrogens with zero attached hydrogens (tertiary/aromatic N) is 3. The molecule has 0 radical (unpaired) electrons. The van der Waals surface area contributed by atoms with Crippen molar-refractivity contribution in [3.63, 3.8) is 0 Å². The Morgan fingerprint density at radius 2 is 1.79 bits per heavy atom. The molecule has 2 aromatic heterocycles. The Kier molecular flexibility index (Phi) is 4.18. The van der Waals surface area contributed by atoms with Gasteiger partial charge in [0.2, 0.25) is 0 Å². The first-order valence-corrected chi connectivity index (χ1v) is 9.45. The quantitative estimate of drug-likeness (QED) is 0.566. The fourth-order valence-electron chi connectivity index (χ4n) is 3.79. The molecule has 1 N–H and O–H groups in total. The van der Waals surface area contributed by atoms with E-state index < -0.39 is 0 Å². The van der Waals surface area contributed by atoms with Crippen molar-refractivity contribution in [1.29, 1.82) is 0 Å². The molecule has 0 unspecified atom stereocenters. The summed E-state index contributed by atoms with van der Waals surface area (Å²) in [6.45, 7) is -0.0127. The van der Waals surface area contributed by atoms with Crippen molar-refractivity contribution in [3.05, 3.63) is 83.6 Å². The zero-order valence-corrected chi connectivity index (χ0v) is 15.3. The number of hydrogen-bond acceptors (Lipinski definition) is 4. The molecule has 136 valence electrons. The van der Waals surface area contributed by atoms with E-state index in [2.05, 4.69) is 34.3 Å². The van der Waals surface area contributed by atoms with Crippen LogP contribution in [-0.4, -0.2) is 20.1 Å². The van der Waals surface area contributed by atoms with Crippen LogP contribution in [0.2, 0.25) is 0 Å². The van der Waals surface area contributed by atoms with E-state index in [9.17, 15) is 5.11 Å². The molecule has 1 aliphatic carbocycles. The number of pyridine rings is 1. The normalized spacial score (nSPS) is 12.9. The van der Waals surface area contributed by atoms with E-state index >= 15 is 0 Å². The van der Waals surface area contributed by atoms with Gasteiger partial charge in [-0.05, 0) is 47.7 Å². The Morgan fingerprint density at radius 3 is 2.71 bits per heavy atom. The fraction of sp³-hybridized carbons (Fsp3) is 0.125. The highest BCUT2D eigenvalue weighted by Gasteiger charge is 2.16. The number of aryl methyl sites for hydroxylation is 1. The van der Waals surface area contributed by atoms with Crippen LogP contribution in [0.4, 0.5) is 0 Å². The minimum Gasteiger partial charge on any atom is -0.392 e. The second kappa shape index (κ2) is 6.98. The summed E-state index contributed by atoms with van der Waals surface area (Å²) in [6.07, 6.45) is 8.17. The molecule has 1 aliphatic rings. The SMILES string of the molecule is OCc1c(-c2cccc(-c3ncc4ccccc4n3)n2)ccc2c1C=CCC2. The predicted octanol–water partition coefficient (Wildman–Crippen LogP) is 4.81. The molecule has 0 spiro atoms. The van der Waals surface area contributed by atoms with Crippen LogP contribution < -0.4 is 0 Å². The van der Waals surface area contributed by atoms with Gasteiger partial charge in [-0.25, -0.2) is 15.0 Å². The summed E-state index contributed by atoms with van der Waals surface area (Å²) in [5.41, 5.74) is 6.73. The largest absolute Gasteiger partial charge is 0.392 e. The monoisotopic (exact) mass is 365 g/mol. The lowest BCUT2D eigenvalue weighted by atomic mass is 9.89. The van der Waals surface area contributed by atoms with Crippen molar-refractivity contribution in [3.8, 4) is 22.8 Å². The molecule has 2 heterocycles. The summed E-state index contributed by atoms with van der Waals surface area (Å²) < 4.78 is 0. The van der Waals surface area contributed by atoms with E-state index in [0.717, 1.165) is 51.8 Å². The van der Waals surface area contributed by atoms with Crippen molar-refractivity contribution >= 4 is 17.0 Å². The van der Waals surface area contributed by atoms with Gasteiger partial charge in [0.05, 0.1) is 17.8 Å². The molecule has 4 nitrogen and oxygen atoms in total. The van der Waals surface area contributed by atoms with Gasteiger partial charge < -0.3 is 5.11 Å². The zero-order valence-electron chi connectivity index (χ0n) is 15.3.